The van der Waals surface area contributed by atoms with E-state index < -0.39 is 33.8 Å². The van der Waals surface area contributed by atoms with Crippen molar-refractivity contribution >= 4 is 17.2 Å². The molecule has 1 saturated heterocycles. The third kappa shape index (κ3) is 9.10. The van der Waals surface area contributed by atoms with Gasteiger partial charge in [-0.3, -0.25) is 9.05 Å². The minimum absolute atomic E-state index is 0.112. The molecule has 3 atom stereocenters. The van der Waals surface area contributed by atoms with E-state index in [4.69, 9.17) is 27.1 Å². The van der Waals surface area contributed by atoms with Gasteiger partial charge in [0.05, 0.1) is 0 Å². The summed E-state index contributed by atoms with van der Waals surface area (Å²) in [5.41, 5.74) is 9.06. The fraction of sp³-hybridized carbons (Fsp3) is 0.373. The Kier molecular flexibility index (Phi) is 12.9. The zero-order valence-corrected chi connectivity index (χ0v) is 49.1. The molecular weight excluding hydrogens is 963 g/mol. The van der Waals surface area contributed by atoms with Crippen LogP contribution in [0.3, 0.4) is 0 Å². The van der Waals surface area contributed by atoms with E-state index in [-0.39, 0.29) is 27.1 Å². The maximum absolute atomic E-state index is 7.90. The quantitative estimate of drug-likeness (QED) is 0.155. The van der Waals surface area contributed by atoms with E-state index in [0.717, 1.165) is 66.9 Å². The van der Waals surface area contributed by atoms with Crippen molar-refractivity contribution in [2.24, 2.45) is 0 Å². The highest BCUT2D eigenvalue weighted by molar-refractivity contribution is 7.43. The average molecular weight is 1040 g/mol. The van der Waals surface area contributed by atoms with Crippen LogP contribution in [0, 0.1) is 0 Å². The first kappa shape index (κ1) is 52.9. The zero-order chi connectivity index (χ0) is 53.9. The Labute approximate surface area is 450 Å². The van der Waals surface area contributed by atoms with Crippen molar-refractivity contribution in [1.82, 2.24) is 0 Å². The predicted molar refractivity (Wildman–Crippen MR) is 310 cm³/mol. The number of rotatable bonds is 6. The van der Waals surface area contributed by atoms with Gasteiger partial charge in [0.2, 0.25) is 0 Å². The minimum Gasteiger partial charge on any atom is -0.426 e. The lowest BCUT2D eigenvalue weighted by Gasteiger charge is -2.46. The van der Waals surface area contributed by atoms with Crippen LogP contribution in [0.15, 0.2) is 152 Å². The summed E-state index contributed by atoms with van der Waals surface area (Å²) < 4.78 is 44.9. The second-order valence-electron chi connectivity index (χ2n) is 26.5. The Balaban J connectivity index is 1.28. The van der Waals surface area contributed by atoms with E-state index in [9.17, 15) is 0 Å². The molecule has 8 heteroatoms. The van der Waals surface area contributed by atoms with Crippen LogP contribution in [-0.4, -0.2) is 0 Å². The van der Waals surface area contributed by atoms with Gasteiger partial charge < -0.3 is 18.1 Å². The summed E-state index contributed by atoms with van der Waals surface area (Å²) in [7, 11) is -4.15. The third-order valence-electron chi connectivity index (χ3n) is 15.5. The average Bonchev–Trinajstić information content (AvgIpc) is 3.93. The SMILES string of the molecule is CC(C)(C)c1cc2c(c(C(C)(C)C)c1)OP(Oc1c(-c3cc(C(C)(C)C)cc4c3OP3OC(c5ccccc5)(c5ccccc5)C(c5ccccc5)(O3)c3ccccc3C4(C)C)cc(C(C)(C)C)cc1C(C)(C)C)O2. The third-order valence-corrected chi connectivity index (χ3v) is 17.7. The van der Waals surface area contributed by atoms with Crippen LogP contribution in [0.1, 0.15) is 179 Å². The van der Waals surface area contributed by atoms with Gasteiger partial charge in [0, 0.05) is 33.2 Å². The highest BCUT2D eigenvalue weighted by Crippen LogP contribution is 2.73. The topological polar surface area (TPSA) is 55.4 Å². The molecule has 0 amide bonds. The second kappa shape index (κ2) is 18.3. The lowest BCUT2D eigenvalue weighted by Crippen LogP contribution is -2.50. The number of fused-ring (bicyclic) bond motifs is 6. The molecule has 0 saturated carbocycles. The van der Waals surface area contributed by atoms with E-state index in [1.54, 1.807) is 0 Å². The molecule has 6 nitrogen and oxygen atoms in total. The maximum Gasteiger partial charge on any atom is 0.530 e. The van der Waals surface area contributed by atoms with Crippen LogP contribution in [0.2, 0.25) is 0 Å². The van der Waals surface area contributed by atoms with Gasteiger partial charge in [0.1, 0.15) is 11.5 Å². The molecule has 7 aromatic carbocycles. The van der Waals surface area contributed by atoms with Crippen molar-refractivity contribution in [1.29, 1.82) is 0 Å². The van der Waals surface area contributed by atoms with Crippen LogP contribution in [0.4, 0.5) is 0 Å². The first-order valence-electron chi connectivity index (χ1n) is 26.6. The molecule has 2 bridgehead atoms. The fourth-order valence-corrected chi connectivity index (χ4v) is 13.8. The Morgan fingerprint density at radius 2 is 0.827 bits per heavy atom. The van der Waals surface area contributed by atoms with Crippen LogP contribution < -0.4 is 18.1 Å². The summed E-state index contributed by atoms with van der Waals surface area (Å²) in [5, 5.41) is 0. The van der Waals surface area contributed by atoms with E-state index in [1.165, 1.54) is 11.1 Å². The molecule has 75 heavy (non-hydrogen) atoms. The molecule has 0 spiro atoms. The van der Waals surface area contributed by atoms with E-state index in [1.807, 2.05) is 0 Å². The Morgan fingerprint density at radius 3 is 1.35 bits per heavy atom. The summed E-state index contributed by atoms with van der Waals surface area (Å²) >= 11 is 0. The van der Waals surface area contributed by atoms with Crippen molar-refractivity contribution in [3.63, 3.8) is 0 Å². The summed E-state index contributed by atoms with van der Waals surface area (Å²) in [6.45, 7) is 38.5. The molecule has 390 valence electrons. The highest BCUT2D eigenvalue weighted by Gasteiger charge is 2.68. The number of hydrogen-bond acceptors (Lipinski definition) is 6. The van der Waals surface area contributed by atoms with E-state index >= 15 is 0 Å². The Bertz CT molecular complexity index is 3240. The molecule has 1 fully saturated rings. The molecular formula is C67H76O6P2. The van der Waals surface area contributed by atoms with Crippen molar-refractivity contribution < 1.29 is 27.1 Å². The highest BCUT2D eigenvalue weighted by atomic mass is 31.2. The van der Waals surface area contributed by atoms with E-state index in [2.05, 4.69) is 269 Å². The van der Waals surface area contributed by atoms with Gasteiger partial charge in [-0.15, -0.1) is 0 Å². The zero-order valence-electron chi connectivity index (χ0n) is 47.3. The molecule has 3 aliphatic rings. The van der Waals surface area contributed by atoms with Gasteiger partial charge in [-0.05, 0) is 89.8 Å². The van der Waals surface area contributed by atoms with Crippen LogP contribution >= 0.6 is 17.2 Å². The Morgan fingerprint density at radius 1 is 0.387 bits per heavy atom. The summed E-state index contributed by atoms with van der Waals surface area (Å²) in [6.07, 6.45) is 0. The van der Waals surface area contributed by atoms with Gasteiger partial charge in [-0.2, -0.15) is 0 Å². The smallest absolute Gasteiger partial charge is 0.426 e. The maximum atomic E-state index is 7.90. The largest absolute Gasteiger partial charge is 0.530 e. The van der Waals surface area contributed by atoms with Gasteiger partial charge in [-0.25, -0.2) is 0 Å². The molecule has 10 rings (SSSR count). The molecule has 3 heterocycles. The van der Waals surface area contributed by atoms with Gasteiger partial charge in [-0.1, -0.05) is 251 Å². The normalized spacial score (nSPS) is 20.0. The number of benzene rings is 7. The first-order chi connectivity index (χ1) is 35.0. The molecule has 0 aromatic heterocycles. The molecule has 3 unspecified atom stereocenters. The lowest BCUT2D eigenvalue weighted by molar-refractivity contribution is 0.00259. The summed E-state index contributed by atoms with van der Waals surface area (Å²) in [6, 6.07) is 54.3. The monoisotopic (exact) mass is 1040 g/mol. The van der Waals surface area contributed by atoms with E-state index in [0.29, 0.717) is 17.2 Å². The lowest BCUT2D eigenvalue weighted by atomic mass is 9.62. The molecule has 0 N–H and O–H groups in total. The van der Waals surface area contributed by atoms with Crippen molar-refractivity contribution in [2.75, 3.05) is 0 Å². The summed E-state index contributed by atoms with van der Waals surface area (Å²) in [4.78, 5) is 0. The van der Waals surface area contributed by atoms with Crippen LogP contribution in [0.25, 0.3) is 11.1 Å². The minimum atomic E-state index is -2.19. The van der Waals surface area contributed by atoms with Crippen molar-refractivity contribution in [3.8, 4) is 34.1 Å². The molecule has 7 aromatic rings. The number of hydrogen-bond donors (Lipinski definition) is 0. The summed E-state index contributed by atoms with van der Waals surface area (Å²) in [5.74, 6) is 2.83. The van der Waals surface area contributed by atoms with Crippen LogP contribution in [0.5, 0.6) is 23.0 Å². The van der Waals surface area contributed by atoms with Crippen molar-refractivity contribution in [3.05, 3.63) is 213 Å². The van der Waals surface area contributed by atoms with Crippen molar-refractivity contribution in [2.45, 2.75) is 161 Å². The van der Waals surface area contributed by atoms with Gasteiger partial charge in [0.25, 0.3) is 0 Å². The Hall–Kier alpha value is -5.48. The molecule has 3 aliphatic heterocycles. The van der Waals surface area contributed by atoms with Crippen LogP contribution in [-0.2, 0) is 52.7 Å². The molecule has 0 radical (unpaired) electrons. The standard InChI is InChI=1S/C67H76O6P2/c1-60(2,3)46-37-49(57(53(39-46)63(10,11)12)69-74-68-56-42-48(62(7,8)9)40-54(59(56)71-74)64(13,14)15)50-38-47(61(4,5)6)41-55-58(50)70-75-72-66(43-29-21-18-22-30-43,44-31-23-19-24-32-44)67(73-75,45-33-25-20-26-34-45)52-36-28-27-35-51(52)65(55,16)17/h18-42H,1-17H3. The van der Waals surface area contributed by atoms with Gasteiger partial charge >= 0.3 is 17.2 Å². The fourth-order valence-electron chi connectivity index (χ4n) is 11.1. The predicted octanol–water partition coefficient (Wildman–Crippen LogP) is 19.1. The first-order valence-corrected chi connectivity index (χ1v) is 28.8. The second-order valence-corrected chi connectivity index (χ2v) is 28.5. The molecule has 0 aliphatic carbocycles. The van der Waals surface area contributed by atoms with Gasteiger partial charge in [0.15, 0.2) is 22.7 Å².